The van der Waals surface area contributed by atoms with Gasteiger partial charge in [-0.15, -0.1) is 0 Å². The van der Waals surface area contributed by atoms with Crippen molar-refractivity contribution in [3.8, 4) is 0 Å². The molecular formula is C24H37N5O7. The molecule has 3 amide bonds. The second-order valence-electron chi connectivity index (χ2n) is 9.60. The van der Waals surface area contributed by atoms with E-state index in [1.165, 1.54) is 11.2 Å². The summed E-state index contributed by atoms with van der Waals surface area (Å²) in [5.41, 5.74) is 3.08. The molecule has 12 heteroatoms. The van der Waals surface area contributed by atoms with Gasteiger partial charge in [0.05, 0.1) is 12.2 Å². The lowest BCUT2D eigenvalue weighted by Gasteiger charge is -2.36. The van der Waals surface area contributed by atoms with Crippen LogP contribution in [0.5, 0.6) is 0 Å². The van der Waals surface area contributed by atoms with Crippen molar-refractivity contribution in [2.45, 2.75) is 72.4 Å². The smallest absolute Gasteiger partial charge is 0.343 e. The van der Waals surface area contributed by atoms with Crippen LogP contribution in [0.2, 0.25) is 0 Å². The maximum atomic E-state index is 13.1. The molecule has 2 rings (SSSR count). The average Bonchev–Trinajstić information content (AvgIpc) is 3.25. The molecule has 0 aliphatic carbocycles. The van der Waals surface area contributed by atoms with E-state index in [2.05, 4.69) is 21.2 Å². The lowest BCUT2D eigenvalue weighted by Crippen LogP contribution is -2.61. The number of esters is 1. The number of aryl methyl sites for hydroxylation is 1. The highest BCUT2D eigenvalue weighted by molar-refractivity contribution is 5.96. The van der Waals surface area contributed by atoms with Gasteiger partial charge in [0, 0.05) is 25.9 Å². The van der Waals surface area contributed by atoms with E-state index in [1.807, 2.05) is 13.8 Å². The number of hydrogen-bond donors (Lipinski definition) is 3. The second-order valence-corrected chi connectivity index (χ2v) is 9.60. The summed E-state index contributed by atoms with van der Waals surface area (Å²) in [6.07, 6.45) is 2.71. The fourth-order valence-electron chi connectivity index (χ4n) is 3.78. The van der Waals surface area contributed by atoms with Gasteiger partial charge in [-0.2, -0.15) is 0 Å². The van der Waals surface area contributed by atoms with Crippen LogP contribution >= 0.6 is 0 Å². The first-order valence-corrected chi connectivity index (χ1v) is 12.2. The van der Waals surface area contributed by atoms with Crippen LogP contribution < -0.4 is 16.1 Å². The van der Waals surface area contributed by atoms with Crippen LogP contribution in [-0.4, -0.2) is 71.4 Å². The Balaban J connectivity index is 1.94. The standard InChI is InChI=1S/C24H37N5O7/c1-14(2)11-20(31)25-10-8-21(32)29-18(7-6-9-26-29)23(33)28-22(15(3)4)19(30)13-35-24(34)17-12-27-36-16(17)5/h12,14-15,18,22,26H,6-11,13H2,1-5H3,(H,25,31)(H,28,33)/t18-,22+/m0/s1. The highest BCUT2D eigenvalue weighted by Crippen LogP contribution is 2.14. The minimum Gasteiger partial charge on any atom is -0.454 e. The van der Waals surface area contributed by atoms with E-state index in [9.17, 15) is 24.0 Å². The molecule has 1 fully saturated rings. The van der Waals surface area contributed by atoms with Gasteiger partial charge in [-0.25, -0.2) is 10.2 Å². The molecule has 2 heterocycles. The van der Waals surface area contributed by atoms with Crippen LogP contribution in [-0.2, 0) is 23.9 Å². The first-order valence-electron chi connectivity index (χ1n) is 12.2. The normalized spacial score (nSPS) is 16.5. The van der Waals surface area contributed by atoms with E-state index in [4.69, 9.17) is 9.26 Å². The number of carbonyl (C=O) groups is 5. The topological polar surface area (TPSA) is 160 Å². The molecule has 36 heavy (non-hydrogen) atoms. The summed E-state index contributed by atoms with van der Waals surface area (Å²) in [5.74, 6) is -1.95. The number of carbonyl (C=O) groups excluding carboxylic acids is 5. The van der Waals surface area contributed by atoms with Crippen LogP contribution in [0.15, 0.2) is 10.7 Å². The Hall–Kier alpha value is -3.28. The Morgan fingerprint density at radius 1 is 1.22 bits per heavy atom. The Morgan fingerprint density at radius 3 is 2.56 bits per heavy atom. The maximum Gasteiger partial charge on any atom is 0.343 e. The van der Waals surface area contributed by atoms with Crippen molar-refractivity contribution in [1.29, 1.82) is 0 Å². The molecule has 1 aliphatic heterocycles. The quantitative estimate of drug-likeness (QED) is 0.349. The van der Waals surface area contributed by atoms with Crippen molar-refractivity contribution in [2.24, 2.45) is 11.8 Å². The van der Waals surface area contributed by atoms with Gasteiger partial charge >= 0.3 is 5.97 Å². The molecule has 0 aromatic carbocycles. The second kappa shape index (κ2) is 13.7. The summed E-state index contributed by atoms with van der Waals surface area (Å²) in [6, 6.07) is -1.73. The van der Waals surface area contributed by atoms with Crippen molar-refractivity contribution >= 4 is 29.5 Å². The number of nitrogens with one attached hydrogen (secondary N) is 3. The average molecular weight is 508 g/mol. The number of rotatable bonds is 12. The van der Waals surface area contributed by atoms with Gasteiger partial charge in [0.25, 0.3) is 0 Å². The van der Waals surface area contributed by atoms with Crippen molar-refractivity contribution < 1.29 is 33.2 Å². The lowest BCUT2D eigenvalue weighted by molar-refractivity contribution is -0.147. The molecule has 0 unspecified atom stereocenters. The summed E-state index contributed by atoms with van der Waals surface area (Å²) in [7, 11) is 0. The van der Waals surface area contributed by atoms with E-state index in [0.717, 1.165) is 0 Å². The number of nitrogens with zero attached hydrogens (tertiary/aromatic N) is 2. The fraction of sp³-hybridized carbons (Fsp3) is 0.667. The Morgan fingerprint density at radius 2 is 1.94 bits per heavy atom. The SMILES string of the molecule is Cc1oncc1C(=O)OCC(=O)[C@H](NC(=O)[C@@H]1CCCNN1C(=O)CCNC(=O)CC(C)C)C(C)C. The largest absolute Gasteiger partial charge is 0.454 e. The number of Topliss-reactive ketones (excluding diaryl/α,β-unsaturated/α-hetero) is 1. The molecule has 1 aromatic rings. The van der Waals surface area contributed by atoms with Gasteiger partial charge in [0.1, 0.15) is 17.4 Å². The molecule has 1 aliphatic rings. The minimum atomic E-state index is -0.914. The molecule has 200 valence electrons. The Bertz CT molecular complexity index is 943. The maximum absolute atomic E-state index is 13.1. The highest BCUT2D eigenvalue weighted by Gasteiger charge is 2.35. The predicted molar refractivity (Wildman–Crippen MR) is 128 cm³/mol. The van der Waals surface area contributed by atoms with E-state index >= 15 is 0 Å². The first-order chi connectivity index (χ1) is 17.0. The Labute approximate surface area is 210 Å². The third-order valence-corrected chi connectivity index (χ3v) is 5.70. The predicted octanol–water partition coefficient (Wildman–Crippen LogP) is 0.898. The van der Waals surface area contributed by atoms with E-state index in [1.54, 1.807) is 20.8 Å². The summed E-state index contributed by atoms with van der Waals surface area (Å²) in [4.78, 5) is 62.7. The van der Waals surface area contributed by atoms with Crippen molar-refractivity contribution in [3.05, 3.63) is 17.5 Å². The van der Waals surface area contributed by atoms with Gasteiger partial charge in [0.15, 0.2) is 12.4 Å². The molecule has 0 saturated carbocycles. The zero-order valence-electron chi connectivity index (χ0n) is 21.6. The molecule has 12 nitrogen and oxygen atoms in total. The van der Waals surface area contributed by atoms with Gasteiger partial charge in [-0.05, 0) is 31.6 Å². The van der Waals surface area contributed by atoms with Crippen molar-refractivity contribution in [1.82, 2.24) is 26.2 Å². The van der Waals surface area contributed by atoms with Gasteiger partial charge < -0.3 is 19.9 Å². The molecule has 1 saturated heterocycles. The summed E-state index contributed by atoms with van der Waals surface area (Å²) in [6.45, 7) is 9.10. The van der Waals surface area contributed by atoms with Gasteiger partial charge in [0.2, 0.25) is 17.7 Å². The molecule has 2 atom stereocenters. The molecule has 3 N–H and O–H groups in total. The van der Waals surface area contributed by atoms with Crippen LogP contribution in [0.3, 0.4) is 0 Å². The Kier molecular flexibility index (Phi) is 11.0. The zero-order chi connectivity index (χ0) is 26.8. The fourth-order valence-corrected chi connectivity index (χ4v) is 3.78. The summed E-state index contributed by atoms with van der Waals surface area (Å²) < 4.78 is 9.91. The highest BCUT2D eigenvalue weighted by atomic mass is 16.5. The van der Waals surface area contributed by atoms with Crippen LogP contribution in [0, 0.1) is 18.8 Å². The molecular weight excluding hydrogens is 470 g/mol. The molecule has 1 aromatic heterocycles. The number of amides is 3. The monoisotopic (exact) mass is 507 g/mol. The first kappa shape index (κ1) is 29.0. The van der Waals surface area contributed by atoms with E-state index < -0.39 is 36.4 Å². The molecule has 0 radical (unpaired) electrons. The van der Waals surface area contributed by atoms with Gasteiger partial charge in [-0.1, -0.05) is 32.9 Å². The number of hydrogen-bond acceptors (Lipinski definition) is 9. The number of hydrazine groups is 1. The van der Waals surface area contributed by atoms with Crippen LogP contribution in [0.4, 0.5) is 0 Å². The number of ether oxygens (including phenoxy) is 1. The molecule has 0 spiro atoms. The van der Waals surface area contributed by atoms with Crippen LogP contribution in [0.1, 0.15) is 69.5 Å². The number of aromatic nitrogens is 1. The summed E-state index contributed by atoms with van der Waals surface area (Å²) in [5, 5.41) is 10.2. The van der Waals surface area contributed by atoms with Crippen molar-refractivity contribution in [3.63, 3.8) is 0 Å². The van der Waals surface area contributed by atoms with E-state index in [0.29, 0.717) is 25.8 Å². The zero-order valence-corrected chi connectivity index (χ0v) is 21.6. The van der Waals surface area contributed by atoms with Gasteiger partial charge in [-0.3, -0.25) is 24.2 Å². The lowest BCUT2D eigenvalue weighted by atomic mass is 9.98. The molecule has 0 bridgehead atoms. The number of ketones is 1. The van der Waals surface area contributed by atoms with Crippen molar-refractivity contribution in [2.75, 3.05) is 19.7 Å². The van der Waals surface area contributed by atoms with Crippen LogP contribution in [0.25, 0.3) is 0 Å². The van der Waals surface area contributed by atoms with E-state index in [-0.39, 0.29) is 47.9 Å². The third-order valence-electron chi connectivity index (χ3n) is 5.70. The summed E-state index contributed by atoms with van der Waals surface area (Å²) >= 11 is 0. The minimum absolute atomic E-state index is 0.0331. The third kappa shape index (κ3) is 8.43.